The highest BCUT2D eigenvalue weighted by Crippen LogP contribution is 2.28. The smallest absolute Gasteiger partial charge is 0.229 e. The number of unbranched alkanes of at least 4 members (excludes halogenated alkanes) is 1. The van der Waals surface area contributed by atoms with Crippen molar-refractivity contribution in [3.8, 4) is 0 Å². The fraction of sp³-hybridized carbons (Fsp3) is 0.476. The van der Waals surface area contributed by atoms with E-state index in [4.69, 9.17) is 4.42 Å². The molecule has 0 N–H and O–H groups in total. The molecule has 6 heteroatoms. The van der Waals surface area contributed by atoms with Crippen LogP contribution in [0.15, 0.2) is 28.7 Å². The average molecular weight is 370 g/mol. The minimum atomic E-state index is -0.182. The largest absolute Gasteiger partial charge is 0.461 e. The van der Waals surface area contributed by atoms with E-state index >= 15 is 0 Å². The Hall–Kier alpha value is -2.63. The highest BCUT2D eigenvalue weighted by atomic mass is 16.3. The lowest BCUT2D eigenvalue weighted by Crippen LogP contribution is -2.34. The Labute approximate surface area is 159 Å². The summed E-state index contributed by atoms with van der Waals surface area (Å²) < 4.78 is 6.02. The maximum Gasteiger partial charge on any atom is 0.229 e. The number of imide groups is 1. The number of hydrogen-bond acceptors (Lipinski definition) is 4. The van der Waals surface area contributed by atoms with Gasteiger partial charge in [0, 0.05) is 56.8 Å². The number of nitrogens with zero attached hydrogens (tertiary/aromatic N) is 2. The molecule has 1 fully saturated rings. The van der Waals surface area contributed by atoms with Crippen LogP contribution < -0.4 is 0 Å². The van der Waals surface area contributed by atoms with Crippen molar-refractivity contribution in [2.75, 3.05) is 13.6 Å². The Balaban J connectivity index is 1.69. The Kier molecular flexibility index (Phi) is 5.94. The molecule has 1 saturated heterocycles. The van der Waals surface area contributed by atoms with Crippen LogP contribution in [0.5, 0.6) is 0 Å². The Morgan fingerprint density at radius 3 is 2.59 bits per heavy atom. The number of para-hydroxylation sites is 1. The van der Waals surface area contributed by atoms with Crippen molar-refractivity contribution in [2.24, 2.45) is 0 Å². The molecule has 1 aliphatic rings. The third-order valence-electron chi connectivity index (χ3n) is 5.06. The quantitative estimate of drug-likeness (QED) is 0.669. The first kappa shape index (κ1) is 19.1. The van der Waals surface area contributed by atoms with Gasteiger partial charge in [0.1, 0.15) is 11.3 Å². The van der Waals surface area contributed by atoms with Gasteiger partial charge < -0.3 is 9.32 Å². The first-order chi connectivity index (χ1) is 13.0. The second kappa shape index (κ2) is 8.37. The van der Waals surface area contributed by atoms with Crippen LogP contribution in [0.3, 0.4) is 0 Å². The maximum absolute atomic E-state index is 12.5. The second-order valence-electron chi connectivity index (χ2n) is 7.04. The molecule has 0 atom stereocenters. The molecule has 1 aromatic carbocycles. The summed E-state index contributed by atoms with van der Waals surface area (Å²) in [5, 5.41) is 1.04. The molecule has 3 amide bonds. The van der Waals surface area contributed by atoms with Gasteiger partial charge in [0.15, 0.2) is 0 Å². The molecule has 0 spiro atoms. The molecule has 0 radical (unpaired) electrons. The number of likely N-dealkylation sites (tertiary alicyclic amines) is 1. The fourth-order valence-corrected chi connectivity index (χ4v) is 3.46. The third kappa shape index (κ3) is 4.21. The van der Waals surface area contributed by atoms with Gasteiger partial charge in [0.05, 0.1) is 0 Å². The zero-order valence-electron chi connectivity index (χ0n) is 16.0. The van der Waals surface area contributed by atoms with Crippen molar-refractivity contribution in [2.45, 2.75) is 52.0 Å². The molecule has 0 saturated carbocycles. The van der Waals surface area contributed by atoms with Crippen molar-refractivity contribution in [3.63, 3.8) is 0 Å². The molecule has 0 unspecified atom stereocenters. The van der Waals surface area contributed by atoms with Crippen LogP contribution in [-0.2, 0) is 27.3 Å². The van der Waals surface area contributed by atoms with Gasteiger partial charge >= 0.3 is 0 Å². The summed E-state index contributed by atoms with van der Waals surface area (Å²) in [6.07, 6.45) is 3.61. The lowest BCUT2D eigenvalue weighted by Gasteiger charge is -2.19. The first-order valence-electron chi connectivity index (χ1n) is 9.57. The first-order valence-corrected chi connectivity index (χ1v) is 9.57. The van der Waals surface area contributed by atoms with Crippen molar-refractivity contribution < 1.29 is 18.8 Å². The number of rotatable bonds is 8. The van der Waals surface area contributed by atoms with Crippen molar-refractivity contribution >= 4 is 28.7 Å². The van der Waals surface area contributed by atoms with E-state index in [-0.39, 0.29) is 43.5 Å². The van der Waals surface area contributed by atoms with E-state index < -0.39 is 0 Å². The molecule has 1 aliphatic heterocycles. The summed E-state index contributed by atoms with van der Waals surface area (Å²) >= 11 is 0. The normalized spacial score (nSPS) is 14.4. The lowest BCUT2D eigenvalue weighted by molar-refractivity contribution is -0.139. The third-order valence-corrected chi connectivity index (χ3v) is 5.06. The summed E-state index contributed by atoms with van der Waals surface area (Å²) in [7, 11) is 1.75. The molecule has 3 rings (SSSR count). The van der Waals surface area contributed by atoms with E-state index in [9.17, 15) is 14.4 Å². The predicted octanol–water partition coefficient (Wildman–Crippen LogP) is 3.27. The predicted molar refractivity (Wildman–Crippen MR) is 102 cm³/mol. The number of amides is 3. The van der Waals surface area contributed by atoms with E-state index in [0.717, 1.165) is 41.6 Å². The van der Waals surface area contributed by atoms with E-state index in [0.29, 0.717) is 6.54 Å². The van der Waals surface area contributed by atoms with Crippen LogP contribution in [0, 0.1) is 0 Å². The topological polar surface area (TPSA) is 70.8 Å². The summed E-state index contributed by atoms with van der Waals surface area (Å²) in [6, 6.07) is 7.87. The maximum atomic E-state index is 12.5. The average Bonchev–Trinajstić information content (AvgIpc) is 3.18. The molecule has 144 valence electrons. The van der Waals surface area contributed by atoms with Gasteiger partial charge in [0.2, 0.25) is 17.7 Å². The minimum Gasteiger partial charge on any atom is -0.461 e. The van der Waals surface area contributed by atoms with Crippen LogP contribution in [0.4, 0.5) is 0 Å². The van der Waals surface area contributed by atoms with Crippen LogP contribution >= 0.6 is 0 Å². The van der Waals surface area contributed by atoms with Crippen molar-refractivity contribution in [1.29, 1.82) is 0 Å². The SMILES string of the molecule is CCCCc1oc2ccccc2c1CN(C)C(=O)CCN1C(=O)CCC1=O. The van der Waals surface area contributed by atoms with Gasteiger partial charge in [-0.25, -0.2) is 0 Å². The van der Waals surface area contributed by atoms with Gasteiger partial charge in [-0.05, 0) is 12.5 Å². The zero-order chi connectivity index (χ0) is 19.4. The molecule has 2 heterocycles. The minimum absolute atomic E-state index is 0.0887. The Morgan fingerprint density at radius 2 is 1.89 bits per heavy atom. The van der Waals surface area contributed by atoms with Gasteiger partial charge in [-0.2, -0.15) is 0 Å². The summed E-state index contributed by atoms with van der Waals surface area (Å²) in [5.41, 5.74) is 1.89. The number of hydrogen-bond donors (Lipinski definition) is 0. The summed E-state index contributed by atoms with van der Waals surface area (Å²) in [5.74, 6) is 0.480. The number of carbonyl (C=O) groups is 3. The standard InChI is InChI=1S/C21H26N2O4/c1-3-4-8-18-16(15-7-5-6-9-17(15)27-18)14-22(2)19(24)12-13-23-20(25)10-11-21(23)26/h5-7,9H,3-4,8,10-14H2,1-2H3. The second-order valence-corrected chi connectivity index (χ2v) is 7.04. The van der Waals surface area contributed by atoms with Gasteiger partial charge in [-0.3, -0.25) is 19.3 Å². The van der Waals surface area contributed by atoms with E-state index in [2.05, 4.69) is 6.92 Å². The molecular formula is C21H26N2O4. The number of furan rings is 1. The number of aryl methyl sites for hydroxylation is 1. The lowest BCUT2D eigenvalue weighted by atomic mass is 10.1. The zero-order valence-corrected chi connectivity index (χ0v) is 16.0. The summed E-state index contributed by atoms with van der Waals surface area (Å²) in [4.78, 5) is 38.8. The van der Waals surface area contributed by atoms with Gasteiger partial charge in [-0.15, -0.1) is 0 Å². The molecule has 1 aromatic heterocycles. The van der Waals surface area contributed by atoms with E-state index in [1.165, 1.54) is 4.90 Å². The number of fused-ring (bicyclic) bond motifs is 1. The summed E-state index contributed by atoms with van der Waals surface area (Å²) in [6.45, 7) is 2.76. The van der Waals surface area contributed by atoms with E-state index in [1.807, 2.05) is 24.3 Å². The van der Waals surface area contributed by atoms with Crippen LogP contribution in [0.2, 0.25) is 0 Å². The molecule has 0 aliphatic carbocycles. The molecule has 6 nitrogen and oxygen atoms in total. The highest BCUT2D eigenvalue weighted by molar-refractivity contribution is 6.02. The van der Waals surface area contributed by atoms with Crippen LogP contribution in [0.25, 0.3) is 11.0 Å². The molecular weight excluding hydrogens is 344 g/mol. The molecule has 0 bridgehead atoms. The Bertz CT molecular complexity index is 839. The van der Waals surface area contributed by atoms with Gasteiger partial charge in [0.25, 0.3) is 0 Å². The number of benzene rings is 1. The molecule has 2 aromatic rings. The van der Waals surface area contributed by atoms with E-state index in [1.54, 1.807) is 11.9 Å². The fourth-order valence-electron chi connectivity index (χ4n) is 3.46. The van der Waals surface area contributed by atoms with Crippen molar-refractivity contribution in [1.82, 2.24) is 9.80 Å². The highest BCUT2D eigenvalue weighted by Gasteiger charge is 2.29. The van der Waals surface area contributed by atoms with Crippen LogP contribution in [-0.4, -0.2) is 41.1 Å². The van der Waals surface area contributed by atoms with Gasteiger partial charge in [-0.1, -0.05) is 31.5 Å². The monoisotopic (exact) mass is 370 g/mol. The number of carbonyl (C=O) groups excluding carboxylic acids is 3. The molecule has 27 heavy (non-hydrogen) atoms. The van der Waals surface area contributed by atoms with Crippen LogP contribution in [0.1, 0.15) is 50.4 Å². The van der Waals surface area contributed by atoms with Crippen molar-refractivity contribution in [3.05, 3.63) is 35.6 Å². The Morgan fingerprint density at radius 1 is 1.19 bits per heavy atom.